The van der Waals surface area contributed by atoms with Crippen LogP contribution in [0.3, 0.4) is 0 Å². The molecule has 0 spiro atoms. The molecule has 6 heteroatoms. The molecule has 0 amide bonds. The topological polar surface area (TPSA) is 89.0 Å². The van der Waals surface area contributed by atoms with Crippen LogP contribution in [0.15, 0.2) is 30.3 Å². The summed E-state index contributed by atoms with van der Waals surface area (Å²) in [5.41, 5.74) is 7.92. The fourth-order valence-electron chi connectivity index (χ4n) is 1.28. The van der Waals surface area contributed by atoms with Crippen LogP contribution in [0.25, 0.3) is 5.53 Å². The summed E-state index contributed by atoms with van der Waals surface area (Å²) in [6.45, 7) is 4.88. The molecule has 1 rings (SSSR count). The van der Waals surface area contributed by atoms with Gasteiger partial charge in [0.05, 0.1) is 0 Å². The second-order valence-electron chi connectivity index (χ2n) is 5.01. The number of benzene rings is 1. The monoisotopic (exact) mass is 276 g/mol. The van der Waals surface area contributed by atoms with Crippen LogP contribution >= 0.6 is 0 Å². The first kappa shape index (κ1) is 15.6. The smallest absolute Gasteiger partial charge is 0.452 e. The predicted molar refractivity (Wildman–Crippen MR) is 70.7 cm³/mol. The van der Waals surface area contributed by atoms with Crippen molar-refractivity contribution in [3.8, 4) is 0 Å². The predicted octanol–water partition coefficient (Wildman–Crippen LogP) is 1.74. The van der Waals surface area contributed by atoms with Gasteiger partial charge in [-0.3, -0.25) is 0 Å². The second-order valence-corrected chi connectivity index (χ2v) is 5.01. The van der Waals surface area contributed by atoms with Crippen LogP contribution in [0.5, 0.6) is 0 Å². The van der Waals surface area contributed by atoms with Gasteiger partial charge < -0.3 is 15.0 Å². The molecule has 0 aromatic heterocycles. The molecule has 106 valence electrons. The summed E-state index contributed by atoms with van der Waals surface area (Å²) in [7, 11) is 0. The van der Waals surface area contributed by atoms with Crippen LogP contribution in [-0.2, 0) is 25.7 Å². The zero-order valence-corrected chi connectivity index (χ0v) is 11.6. The molecule has 20 heavy (non-hydrogen) atoms. The molecular weight excluding hydrogens is 260 g/mol. The Labute approximate surface area is 116 Å². The van der Waals surface area contributed by atoms with Gasteiger partial charge in [-0.25, -0.2) is 9.59 Å². The molecule has 0 saturated heterocycles. The van der Waals surface area contributed by atoms with Gasteiger partial charge in [-0.2, -0.15) is 4.79 Å². The van der Waals surface area contributed by atoms with Gasteiger partial charge in [0.1, 0.15) is 12.2 Å². The molecule has 0 aliphatic carbocycles. The van der Waals surface area contributed by atoms with Gasteiger partial charge in [0.25, 0.3) is 0 Å². The van der Waals surface area contributed by atoms with E-state index < -0.39 is 23.3 Å². The Morgan fingerprint density at radius 3 is 2.25 bits per heavy atom. The molecule has 0 N–H and O–H groups in total. The first-order valence-electron chi connectivity index (χ1n) is 6.00. The first-order chi connectivity index (χ1) is 9.33. The number of hydrogen-bond donors (Lipinski definition) is 0. The van der Waals surface area contributed by atoms with Gasteiger partial charge in [0, 0.05) is 0 Å². The Morgan fingerprint density at radius 2 is 1.75 bits per heavy atom. The van der Waals surface area contributed by atoms with E-state index in [-0.39, 0.29) is 6.61 Å². The van der Waals surface area contributed by atoms with Crippen LogP contribution < -0.4 is 0 Å². The van der Waals surface area contributed by atoms with E-state index in [0.717, 1.165) is 5.56 Å². The number of rotatable bonds is 4. The quantitative estimate of drug-likeness (QED) is 0.275. The fraction of sp³-hybridized carbons (Fsp3) is 0.357. The summed E-state index contributed by atoms with van der Waals surface area (Å²) in [6, 6.07) is 8.93. The molecule has 6 nitrogen and oxygen atoms in total. The Balaban J connectivity index is 2.65. The van der Waals surface area contributed by atoms with Crippen LogP contribution in [-0.4, -0.2) is 28.0 Å². The highest BCUT2D eigenvalue weighted by atomic mass is 16.6. The lowest BCUT2D eigenvalue weighted by atomic mass is 10.2. The lowest BCUT2D eigenvalue weighted by Crippen LogP contribution is -2.34. The molecular formula is C14H16N2O4. The summed E-state index contributed by atoms with van der Waals surface area (Å²) in [5.74, 6) is -2.07. The van der Waals surface area contributed by atoms with E-state index in [1.807, 2.05) is 6.07 Å². The lowest BCUT2D eigenvalue weighted by Gasteiger charge is -2.17. The Morgan fingerprint density at radius 1 is 1.15 bits per heavy atom. The van der Waals surface area contributed by atoms with E-state index in [1.165, 1.54) is 0 Å². The molecule has 0 heterocycles. The zero-order chi connectivity index (χ0) is 15.2. The van der Waals surface area contributed by atoms with Gasteiger partial charge in [-0.15, -0.1) is 0 Å². The summed E-state index contributed by atoms with van der Waals surface area (Å²) in [6.07, 6.45) is 0. The van der Waals surface area contributed by atoms with Gasteiger partial charge >= 0.3 is 17.7 Å². The van der Waals surface area contributed by atoms with Crippen molar-refractivity contribution >= 4 is 17.7 Å². The standard InChI is InChI=1S/C14H16N2O4/c1-14(2,3)20-13(18)11(16-15)12(17)19-9-10-7-5-4-6-8-10/h4-8H,9H2,1-3H3. The number of esters is 2. The molecule has 0 bridgehead atoms. The highest BCUT2D eigenvalue weighted by Gasteiger charge is 2.36. The molecule has 0 unspecified atom stereocenters. The summed E-state index contributed by atoms with van der Waals surface area (Å²) >= 11 is 0. The highest BCUT2D eigenvalue weighted by Crippen LogP contribution is 2.08. The maximum absolute atomic E-state index is 11.7. The van der Waals surface area contributed by atoms with Crippen LogP contribution in [0, 0.1) is 0 Å². The second kappa shape index (κ2) is 6.63. The van der Waals surface area contributed by atoms with Gasteiger partial charge in [0.15, 0.2) is 0 Å². The normalized spacial score (nSPS) is 10.3. The number of carbonyl (C=O) groups is 2. The van der Waals surface area contributed by atoms with Crippen LogP contribution in [0.2, 0.25) is 0 Å². The van der Waals surface area contributed by atoms with Crippen molar-refractivity contribution < 1.29 is 23.9 Å². The Hall–Kier alpha value is -2.46. The first-order valence-corrected chi connectivity index (χ1v) is 6.00. The molecule has 0 atom stereocenters. The average molecular weight is 276 g/mol. The minimum absolute atomic E-state index is 0.0263. The van der Waals surface area contributed by atoms with Crippen molar-refractivity contribution in [2.24, 2.45) is 0 Å². The molecule has 0 fully saturated rings. The maximum atomic E-state index is 11.7. The van der Waals surface area contributed by atoms with E-state index in [1.54, 1.807) is 45.0 Å². The highest BCUT2D eigenvalue weighted by molar-refractivity contribution is 6.60. The molecule has 0 aliphatic rings. The van der Waals surface area contributed by atoms with Gasteiger partial charge in [-0.1, -0.05) is 30.3 Å². The third-order valence-electron chi connectivity index (χ3n) is 2.10. The van der Waals surface area contributed by atoms with Crippen molar-refractivity contribution in [3.63, 3.8) is 0 Å². The molecule has 0 saturated carbocycles. The molecule has 1 aromatic rings. The van der Waals surface area contributed by atoms with Crippen molar-refractivity contribution in [3.05, 3.63) is 41.4 Å². The SMILES string of the molecule is CC(C)(C)OC(=O)C(=[N+]=[N-])C(=O)OCc1ccccc1. The summed E-state index contributed by atoms with van der Waals surface area (Å²) in [5, 5.41) is 0. The largest absolute Gasteiger partial charge is 0.482 e. The van der Waals surface area contributed by atoms with E-state index in [2.05, 4.69) is 4.79 Å². The number of nitrogens with zero attached hydrogens (tertiary/aromatic N) is 2. The summed E-state index contributed by atoms with van der Waals surface area (Å²) in [4.78, 5) is 25.9. The fourth-order valence-corrected chi connectivity index (χ4v) is 1.28. The molecule has 0 radical (unpaired) electrons. The van der Waals surface area contributed by atoms with Crippen molar-refractivity contribution in [1.82, 2.24) is 0 Å². The van der Waals surface area contributed by atoms with Crippen LogP contribution in [0.4, 0.5) is 0 Å². The zero-order valence-electron chi connectivity index (χ0n) is 11.6. The van der Waals surface area contributed by atoms with E-state index >= 15 is 0 Å². The van der Waals surface area contributed by atoms with E-state index in [9.17, 15) is 9.59 Å². The number of hydrogen-bond acceptors (Lipinski definition) is 4. The molecule has 1 aromatic carbocycles. The Bertz CT molecular complexity index is 540. The third kappa shape index (κ3) is 5.04. The average Bonchev–Trinajstić information content (AvgIpc) is 2.36. The van der Waals surface area contributed by atoms with Crippen molar-refractivity contribution in [2.45, 2.75) is 33.0 Å². The van der Waals surface area contributed by atoms with Gasteiger partial charge in [-0.05, 0) is 26.3 Å². The van der Waals surface area contributed by atoms with Crippen LogP contribution in [0.1, 0.15) is 26.3 Å². The van der Waals surface area contributed by atoms with E-state index in [4.69, 9.17) is 15.0 Å². The lowest BCUT2D eigenvalue weighted by molar-refractivity contribution is -0.156. The Kier molecular flexibility index (Phi) is 5.17. The van der Waals surface area contributed by atoms with E-state index in [0.29, 0.717) is 0 Å². The third-order valence-corrected chi connectivity index (χ3v) is 2.10. The minimum Gasteiger partial charge on any atom is -0.452 e. The number of carbonyl (C=O) groups excluding carboxylic acids is 2. The van der Waals surface area contributed by atoms with Crippen molar-refractivity contribution in [2.75, 3.05) is 0 Å². The van der Waals surface area contributed by atoms with Gasteiger partial charge in [0.2, 0.25) is 0 Å². The van der Waals surface area contributed by atoms with Crippen molar-refractivity contribution in [1.29, 1.82) is 0 Å². The number of ether oxygens (including phenoxy) is 2. The molecule has 0 aliphatic heterocycles. The summed E-state index contributed by atoms with van der Waals surface area (Å²) < 4.78 is 9.82. The maximum Gasteiger partial charge on any atom is 0.482 e. The minimum atomic E-state index is -1.04.